The second-order valence-corrected chi connectivity index (χ2v) is 6.65. The summed E-state index contributed by atoms with van der Waals surface area (Å²) < 4.78 is 22.4. The molecule has 0 N–H and O–H groups in total. The third-order valence-corrected chi connectivity index (χ3v) is 4.27. The fourth-order valence-corrected chi connectivity index (χ4v) is 3.83. The Morgan fingerprint density at radius 1 is 1.57 bits per heavy atom. The molecule has 1 aliphatic rings. The lowest BCUT2D eigenvalue weighted by atomic mass is 10.1. The van der Waals surface area contributed by atoms with Crippen LogP contribution in [0.1, 0.15) is 13.3 Å². The molecule has 0 aromatic carbocycles. The summed E-state index contributed by atoms with van der Waals surface area (Å²) in [6, 6.07) is 0. The van der Waals surface area contributed by atoms with Gasteiger partial charge < -0.3 is 4.90 Å². The van der Waals surface area contributed by atoms with Gasteiger partial charge in [0.1, 0.15) is 0 Å². The number of nitrogens with zero attached hydrogens (tertiary/aromatic N) is 1. The SMILES string of the molecule is C=C(C)CN(C)C[C@@H]1CCS(=O)(=O)C1. The van der Waals surface area contributed by atoms with E-state index in [4.69, 9.17) is 0 Å². The lowest BCUT2D eigenvalue weighted by Gasteiger charge is -2.19. The van der Waals surface area contributed by atoms with Gasteiger partial charge in [0.05, 0.1) is 11.5 Å². The number of sulfone groups is 1. The molecule has 4 heteroatoms. The number of likely N-dealkylation sites (N-methyl/N-ethyl adjacent to an activating group) is 1. The molecule has 0 amide bonds. The number of hydrogen-bond donors (Lipinski definition) is 0. The highest BCUT2D eigenvalue weighted by Gasteiger charge is 2.28. The Labute approximate surface area is 86.7 Å². The van der Waals surface area contributed by atoms with Crippen molar-refractivity contribution < 1.29 is 8.42 Å². The molecule has 1 aliphatic heterocycles. The first-order valence-electron chi connectivity index (χ1n) is 4.92. The minimum absolute atomic E-state index is 0.323. The van der Waals surface area contributed by atoms with Crippen LogP contribution in [0.3, 0.4) is 0 Å². The van der Waals surface area contributed by atoms with Gasteiger partial charge in [0.15, 0.2) is 9.84 Å². The summed E-state index contributed by atoms with van der Waals surface area (Å²) >= 11 is 0. The van der Waals surface area contributed by atoms with Crippen molar-refractivity contribution in [1.82, 2.24) is 4.90 Å². The van der Waals surface area contributed by atoms with E-state index in [1.165, 1.54) is 0 Å². The molecular formula is C10H19NO2S. The Morgan fingerprint density at radius 2 is 2.21 bits per heavy atom. The number of rotatable bonds is 4. The van der Waals surface area contributed by atoms with Gasteiger partial charge in [-0.2, -0.15) is 0 Å². The van der Waals surface area contributed by atoms with Crippen LogP contribution in [0.15, 0.2) is 12.2 Å². The predicted octanol–water partition coefficient (Wildman–Crippen LogP) is 0.929. The van der Waals surface area contributed by atoms with Crippen molar-refractivity contribution in [2.45, 2.75) is 13.3 Å². The molecule has 0 aliphatic carbocycles. The Hall–Kier alpha value is -0.350. The van der Waals surface area contributed by atoms with Crippen LogP contribution in [0.4, 0.5) is 0 Å². The van der Waals surface area contributed by atoms with Crippen molar-refractivity contribution in [3.8, 4) is 0 Å². The standard InChI is InChI=1S/C10H19NO2S/c1-9(2)6-11(3)7-10-4-5-14(12,13)8-10/h10H,1,4-8H2,2-3H3/t10-/m0/s1. The molecule has 82 valence electrons. The zero-order valence-corrected chi connectivity index (χ0v) is 9.81. The van der Waals surface area contributed by atoms with Crippen LogP contribution in [-0.2, 0) is 9.84 Å². The van der Waals surface area contributed by atoms with Gasteiger partial charge in [-0.1, -0.05) is 12.2 Å². The maximum atomic E-state index is 11.2. The second-order valence-electron chi connectivity index (χ2n) is 4.42. The Bertz CT molecular complexity index is 308. The van der Waals surface area contributed by atoms with Crippen LogP contribution < -0.4 is 0 Å². The number of hydrogen-bond acceptors (Lipinski definition) is 3. The van der Waals surface area contributed by atoms with Gasteiger partial charge in [0, 0.05) is 13.1 Å². The average molecular weight is 217 g/mol. The first-order chi connectivity index (χ1) is 6.39. The fourth-order valence-electron chi connectivity index (χ4n) is 1.98. The molecule has 0 aromatic heterocycles. The average Bonchev–Trinajstić information content (AvgIpc) is 2.27. The smallest absolute Gasteiger partial charge is 0.150 e. The summed E-state index contributed by atoms with van der Waals surface area (Å²) in [5.74, 6) is 1.07. The third kappa shape index (κ3) is 3.80. The van der Waals surface area contributed by atoms with Crippen LogP contribution in [0, 0.1) is 5.92 Å². The minimum atomic E-state index is -2.72. The Balaban J connectivity index is 2.36. The molecule has 0 spiro atoms. The van der Waals surface area contributed by atoms with Gasteiger partial charge in [-0.05, 0) is 26.3 Å². The van der Waals surface area contributed by atoms with Gasteiger partial charge >= 0.3 is 0 Å². The highest BCUT2D eigenvalue weighted by molar-refractivity contribution is 7.91. The van der Waals surface area contributed by atoms with Gasteiger partial charge in [0.25, 0.3) is 0 Å². The van der Waals surface area contributed by atoms with E-state index >= 15 is 0 Å². The largest absolute Gasteiger partial charge is 0.302 e. The first-order valence-corrected chi connectivity index (χ1v) is 6.74. The highest BCUT2D eigenvalue weighted by atomic mass is 32.2. The normalized spacial score (nSPS) is 25.5. The second kappa shape index (κ2) is 4.45. The van der Waals surface area contributed by atoms with E-state index in [-0.39, 0.29) is 0 Å². The lowest BCUT2D eigenvalue weighted by Crippen LogP contribution is -2.27. The summed E-state index contributed by atoms with van der Waals surface area (Å²) in [5, 5.41) is 0. The summed E-state index contributed by atoms with van der Waals surface area (Å²) in [6.45, 7) is 7.55. The van der Waals surface area contributed by atoms with Crippen molar-refractivity contribution in [3.63, 3.8) is 0 Å². The van der Waals surface area contributed by atoms with Crippen molar-refractivity contribution >= 4 is 9.84 Å². The maximum Gasteiger partial charge on any atom is 0.150 e. The molecule has 0 bridgehead atoms. The fraction of sp³-hybridized carbons (Fsp3) is 0.800. The van der Waals surface area contributed by atoms with Gasteiger partial charge in [0.2, 0.25) is 0 Å². The maximum absolute atomic E-state index is 11.2. The molecule has 1 fully saturated rings. The monoisotopic (exact) mass is 217 g/mol. The molecular weight excluding hydrogens is 198 g/mol. The van der Waals surface area contributed by atoms with Crippen LogP contribution in [-0.4, -0.2) is 45.0 Å². The zero-order valence-electron chi connectivity index (χ0n) is 8.99. The van der Waals surface area contributed by atoms with Crippen molar-refractivity contribution in [2.24, 2.45) is 5.92 Å². The minimum Gasteiger partial charge on any atom is -0.302 e. The molecule has 0 aromatic rings. The van der Waals surface area contributed by atoms with Crippen LogP contribution >= 0.6 is 0 Å². The molecule has 0 unspecified atom stereocenters. The summed E-state index contributed by atoms with van der Waals surface area (Å²) in [6.07, 6.45) is 0.822. The quantitative estimate of drug-likeness (QED) is 0.657. The van der Waals surface area contributed by atoms with Crippen molar-refractivity contribution in [1.29, 1.82) is 0 Å². The van der Waals surface area contributed by atoms with E-state index in [1.807, 2.05) is 14.0 Å². The first kappa shape index (κ1) is 11.7. The van der Waals surface area contributed by atoms with Crippen molar-refractivity contribution in [3.05, 3.63) is 12.2 Å². The van der Waals surface area contributed by atoms with Gasteiger partial charge in [-0.15, -0.1) is 0 Å². The molecule has 1 rings (SSSR count). The summed E-state index contributed by atoms with van der Waals surface area (Å²) in [5.41, 5.74) is 1.12. The van der Waals surface area contributed by atoms with Crippen LogP contribution in [0.5, 0.6) is 0 Å². The third-order valence-electron chi connectivity index (χ3n) is 2.44. The lowest BCUT2D eigenvalue weighted by molar-refractivity contribution is 0.310. The van der Waals surface area contributed by atoms with E-state index in [0.29, 0.717) is 17.4 Å². The highest BCUT2D eigenvalue weighted by Crippen LogP contribution is 2.19. The van der Waals surface area contributed by atoms with E-state index in [2.05, 4.69) is 11.5 Å². The molecule has 1 atom stereocenters. The Morgan fingerprint density at radius 3 is 2.64 bits per heavy atom. The van der Waals surface area contributed by atoms with E-state index in [1.54, 1.807) is 0 Å². The van der Waals surface area contributed by atoms with E-state index in [0.717, 1.165) is 25.1 Å². The molecule has 1 heterocycles. The van der Waals surface area contributed by atoms with Gasteiger partial charge in [-0.3, -0.25) is 0 Å². The molecule has 1 saturated heterocycles. The predicted molar refractivity (Wildman–Crippen MR) is 59.1 cm³/mol. The van der Waals surface area contributed by atoms with Crippen molar-refractivity contribution in [2.75, 3.05) is 31.6 Å². The molecule has 3 nitrogen and oxygen atoms in total. The Kier molecular flexibility index (Phi) is 3.72. The van der Waals surface area contributed by atoms with Crippen LogP contribution in [0.25, 0.3) is 0 Å². The van der Waals surface area contributed by atoms with E-state index in [9.17, 15) is 8.42 Å². The van der Waals surface area contributed by atoms with E-state index < -0.39 is 9.84 Å². The van der Waals surface area contributed by atoms with Crippen LogP contribution in [0.2, 0.25) is 0 Å². The van der Waals surface area contributed by atoms with Gasteiger partial charge in [-0.25, -0.2) is 8.42 Å². The molecule has 14 heavy (non-hydrogen) atoms. The summed E-state index contributed by atoms with van der Waals surface area (Å²) in [4.78, 5) is 2.15. The zero-order chi connectivity index (χ0) is 10.8. The summed E-state index contributed by atoms with van der Waals surface area (Å²) in [7, 11) is -0.705. The molecule has 0 saturated carbocycles. The topological polar surface area (TPSA) is 37.4 Å². The molecule has 0 radical (unpaired) electrons.